The molecule has 0 saturated carbocycles. The molecule has 0 radical (unpaired) electrons. The first-order chi connectivity index (χ1) is 7.69. The molecular formula is C12H23NO3. The number of aliphatic hydroxyl groups is 1. The molecule has 16 heavy (non-hydrogen) atoms. The van der Waals surface area contributed by atoms with Crippen LogP contribution in [0.1, 0.15) is 39.5 Å². The molecule has 0 aliphatic carbocycles. The van der Waals surface area contributed by atoms with Gasteiger partial charge in [0.15, 0.2) is 0 Å². The molecule has 1 rings (SSSR count). The van der Waals surface area contributed by atoms with E-state index in [2.05, 4.69) is 11.8 Å². The highest BCUT2D eigenvalue weighted by Gasteiger charge is 2.29. The van der Waals surface area contributed by atoms with Gasteiger partial charge in [0.05, 0.1) is 12.7 Å². The number of aliphatic hydroxyl groups excluding tert-OH is 1. The second-order valence-electron chi connectivity index (χ2n) is 4.35. The summed E-state index contributed by atoms with van der Waals surface area (Å²) in [6, 6.07) is -0.167. The number of nitrogens with zero attached hydrogens (tertiary/aromatic N) is 1. The van der Waals surface area contributed by atoms with Gasteiger partial charge in [0, 0.05) is 6.54 Å². The van der Waals surface area contributed by atoms with Gasteiger partial charge < -0.3 is 9.84 Å². The Morgan fingerprint density at radius 1 is 1.56 bits per heavy atom. The van der Waals surface area contributed by atoms with Crippen LogP contribution in [0.25, 0.3) is 0 Å². The van der Waals surface area contributed by atoms with Gasteiger partial charge >= 0.3 is 5.97 Å². The Balaban J connectivity index is 2.56. The van der Waals surface area contributed by atoms with E-state index in [0.717, 1.165) is 32.2 Å². The molecule has 2 atom stereocenters. The molecule has 1 saturated heterocycles. The van der Waals surface area contributed by atoms with Crippen molar-refractivity contribution in [3.8, 4) is 0 Å². The van der Waals surface area contributed by atoms with E-state index in [1.54, 1.807) is 0 Å². The Bertz CT molecular complexity index is 220. The third-order valence-electron chi connectivity index (χ3n) is 2.99. The Kier molecular flexibility index (Phi) is 5.77. The zero-order chi connectivity index (χ0) is 12.0. The zero-order valence-electron chi connectivity index (χ0n) is 10.3. The summed E-state index contributed by atoms with van der Waals surface area (Å²) in [5.74, 6) is -0.140. The summed E-state index contributed by atoms with van der Waals surface area (Å²) in [6.07, 6.45) is 3.28. The van der Waals surface area contributed by atoms with Crippen LogP contribution in [0.3, 0.4) is 0 Å². The number of rotatable bonds is 5. The molecule has 4 heteroatoms. The fourth-order valence-corrected chi connectivity index (χ4v) is 2.23. The maximum Gasteiger partial charge on any atom is 0.323 e. The maximum absolute atomic E-state index is 11.8. The molecule has 1 N–H and O–H groups in total. The van der Waals surface area contributed by atoms with Crippen LogP contribution in [0, 0.1) is 0 Å². The summed E-state index contributed by atoms with van der Waals surface area (Å²) >= 11 is 0. The number of carbonyl (C=O) groups excluding carboxylic acids is 1. The summed E-state index contributed by atoms with van der Waals surface area (Å²) in [5, 5.41) is 9.61. The molecule has 0 spiro atoms. The molecule has 1 fully saturated rings. The van der Waals surface area contributed by atoms with E-state index in [4.69, 9.17) is 4.74 Å². The van der Waals surface area contributed by atoms with E-state index in [1.807, 2.05) is 6.92 Å². The van der Waals surface area contributed by atoms with E-state index >= 15 is 0 Å². The Labute approximate surface area is 97.6 Å². The monoisotopic (exact) mass is 229 g/mol. The van der Waals surface area contributed by atoms with Gasteiger partial charge in [-0.1, -0.05) is 13.3 Å². The van der Waals surface area contributed by atoms with Crippen molar-refractivity contribution < 1.29 is 14.6 Å². The molecule has 1 unspecified atom stereocenters. The standard InChI is InChI=1S/C12H23NO3/c1-3-6-11(12(15)16-4-2)13-8-5-7-10(14)9-13/h10-11,14H,3-9H2,1-2H3/t10-,11?/m0/s1. The van der Waals surface area contributed by atoms with Gasteiger partial charge in [-0.05, 0) is 32.7 Å². The first-order valence-electron chi connectivity index (χ1n) is 6.27. The molecule has 0 amide bonds. The van der Waals surface area contributed by atoms with Crippen molar-refractivity contribution >= 4 is 5.97 Å². The van der Waals surface area contributed by atoms with Gasteiger partial charge in [-0.3, -0.25) is 9.69 Å². The first-order valence-corrected chi connectivity index (χ1v) is 6.27. The minimum atomic E-state index is -0.289. The third-order valence-corrected chi connectivity index (χ3v) is 2.99. The van der Waals surface area contributed by atoms with Gasteiger partial charge in [0.2, 0.25) is 0 Å². The average molecular weight is 229 g/mol. The van der Waals surface area contributed by atoms with E-state index in [-0.39, 0.29) is 18.1 Å². The summed E-state index contributed by atoms with van der Waals surface area (Å²) in [7, 11) is 0. The molecule has 1 aliphatic heterocycles. The number of β-amino-alcohol motifs (C(OH)–C–C–N with tert-alkyl or cyclic N) is 1. The zero-order valence-corrected chi connectivity index (χ0v) is 10.3. The normalized spacial score (nSPS) is 24.1. The minimum Gasteiger partial charge on any atom is -0.465 e. The number of esters is 1. The quantitative estimate of drug-likeness (QED) is 0.719. The summed E-state index contributed by atoms with van der Waals surface area (Å²) in [6.45, 7) is 5.80. The lowest BCUT2D eigenvalue weighted by atomic mass is 10.0. The Hall–Kier alpha value is -0.610. The molecule has 1 aliphatic rings. The topological polar surface area (TPSA) is 49.8 Å². The second kappa shape index (κ2) is 6.86. The lowest BCUT2D eigenvalue weighted by Gasteiger charge is -2.35. The van der Waals surface area contributed by atoms with Gasteiger partial charge in [-0.15, -0.1) is 0 Å². The molecule has 0 bridgehead atoms. The van der Waals surface area contributed by atoms with Crippen LogP contribution in [-0.2, 0) is 9.53 Å². The summed E-state index contributed by atoms with van der Waals surface area (Å²) in [5.41, 5.74) is 0. The molecule has 0 aromatic rings. The predicted octanol–water partition coefficient (Wildman–Crippen LogP) is 1.17. The Morgan fingerprint density at radius 2 is 2.31 bits per heavy atom. The first kappa shape index (κ1) is 13.5. The predicted molar refractivity (Wildman–Crippen MR) is 62.1 cm³/mol. The second-order valence-corrected chi connectivity index (χ2v) is 4.35. The molecule has 1 heterocycles. The van der Waals surface area contributed by atoms with Gasteiger partial charge in [0.25, 0.3) is 0 Å². The number of likely N-dealkylation sites (tertiary alicyclic amines) is 1. The SMILES string of the molecule is CCCC(C(=O)OCC)N1CCC[C@H](O)C1. The van der Waals surface area contributed by atoms with Crippen LogP contribution in [0.4, 0.5) is 0 Å². The van der Waals surface area contributed by atoms with Gasteiger partial charge in [-0.2, -0.15) is 0 Å². The molecule has 0 aromatic heterocycles. The van der Waals surface area contributed by atoms with Gasteiger partial charge in [0.1, 0.15) is 6.04 Å². The summed E-state index contributed by atoms with van der Waals surface area (Å²) < 4.78 is 5.08. The van der Waals surface area contributed by atoms with E-state index in [0.29, 0.717) is 13.2 Å². The highest BCUT2D eigenvalue weighted by Crippen LogP contribution is 2.17. The van der Waals surface area contributed by atoms with E-state index in [9.17, 15) is 9.90 Å². The van der Waals surface area contributed by atoms with Crippen molar-refractivity contribution in [2.24, 2.45) is 0 Å². The van der Waals surface area contributed by atoms with Crippen LogP contribution in [0.2, 0.25) is 0 Å². The van der Waals surface area contributed by atoms with Gasteiger partial charge in [-0.25, -0.2) is 0 Å². The van der Waals surface area contributed by atoms with Crippen molar-refractivity contribution in [3.05, 3.63) is 0 Å². The summed E-state index contributed by atoms with van der Waals surface area (Å²) in [4.78, 5) is 13.9. The lowest BCUT2D eigenvalue weighted by Crippen LogP contribution is -2.48. The third kappa shape index (κ3) is 3.76. The van der Waals surface area contributed by atoms with Crippen LogP contribution in [-0.4, -0.2) is 47.8 Å². The lowest BCUT2D eigenvalue weighted by molar-refractivity contribution is -0.151. The number of hydrogen-bond acceptors (Lipinski definition) is 4. The molecular weight excluding hydrogens is 206 g/mol. The van der Waals surface area contributed by atoms with Crippen LogP contribution in [0.5, 0.6) is 0 Å². The smallest absolute Gasteiger partial charge is 0.323 e. The van der Waals surface area contributed by atoms with Crippen molar-refractivity contribution in [1.82, 2.24) is 4.90 Å². The molecule has 4 nitrogen and oxygen atoms in total. The fourth-order valence-electron chi connectivity index (χ4n) is 2.23. The largest absolute Gasteiger partial charge is 0.465 e. The minimum absolute atomic E-state index is 0.140. The highest BCUT2D eigenvalue weighted by atomic mass is 16.5. The van der Waals surface area contributed by atoms with E-state index in [1.165, 1.54) is 0 Å². The van der Waals surface area contributed by atoms with Crippen molar-refractivity contribution in [1.29, 1.82) is 0 Å². The highest BCUT2D eigenvalue weighted by molar-refractivity contribution is 5.75. The average Bonchev–Trinajstić information content (AvgIpc) is 2.26. The molecule has 0 aromatic carbocycles. The number of carbonyl (C=O) groups is 1. The van der Waals surface area contributed by atoms with Crippen LogP contribution < -0.4 is 0 Å². The molecule has 94 valence electrons. The Morgan fingerprint density at radius 3 is 2.88 bits per heavy atom. The maximum atomic E-state index is 11.8. The number of piperidine rings is 1. The fraction of sp³-hybridized carbons (Fsp3) is 0.917. The van der Waals surface area contributed by atoms with Crippen molar-refractivity contribution in [2.75, 3.05) is 19.7 Å². The number of ether oxygens (including phenoxy) is 1. The van der Waals surface area contributed by atoms with Crippen molar-refractivity contribution in [3.63, 3.8) is 0 Å². The van der Waals surface area contributed by atoms with Crippen LogP contribution >= 0.6 is 0 Å². The number of hydrogen-bond donors (Lipinski definition) is 1. The van der Waals surface area contributed by atoms with E-state index < -0.39 is 0 Å². The van der Waals surface area contributed by atoms with Crippen LogP contribution in [0.15, 0.2) is 0 Å². The van der Waals surface area contributed by atoms with Crippen molar-refractivity contribution in [2.45, 2.75) is 51.7 Å².